The maximum absolute atomic E-state index is 13.2. The Balaban J connectivity index is 1.54. The molecule has 2 amide bonds. The van der Waals surface area contributed by atoms with E-state index in [0.29, 0.717) is 36.5 Å². The maximum atomic E-state index is 13.2. The molecule has 11 heteroatoms. The minimum Gasteiger partial charge on any atom is -0.373 e. The smallest absolute Gasteiger partial charge is 0.373 e. The van der Waals surface area contributed by atoms with Gasteiger partial charge in [-0.25, -0.2) is 4.39 Å². The van der Waals surface area contributed by atoms with Crippen molar-refractivity contribution in [3.8, 4) is 0 Å². The normalized spacial score (nSPS) is 15.0. The van der Waals surface area contributed by atoms with Crippen LogP contribution in [0.15, 0.2) is 48.7 Å². The molecule has 0 spiro atoms. The molecule has 196 valence electrons. The van der Waals surface area contributed by atoms with E-state index in [-0.39, 0.29) is 23.7 Å². The number of carbonyl (C=O) groups excluding carboxylic acids is 2. The van der Waals surface area contributed by atoms with Gasteiger partial charge in [-0.2, -0.15) is 13.2 Å². The molecule has 0 bridgehead atoms. The molecule has 0 saturated heterocycles. The molecule has 1 aliphatic heterocycles. The van der Waals surface area contributed by atoms with Crippen molar-refractivity contribution in [2.24, 2.45) is 0 Å². The number of halogens is 4. The number of aromatic nitrogens is 2. The van der Waals surface area contributed by atoms with E-state index >= 15 is 0 Å². The average molecular weight is 519 g/mol. The summed E-state index contributed by atoms with van der Waals surface area (Å²) >= 11 is 0. The van der Waals surface area contributed by atoms with Gasteiger partial charge in [-0.3, -0.25) is 14.6 Å². The highest BCUT2D eigenvalue weighted by Crippen LogP contribution is 2.29. The van der Waals surface area contributed by atoms with Gasteiger partial charge in [-0.1, -0.05) is 19.1 Å². The van der Waals surface area contributed by atoms with Gasteiger partial charge in [-0.05, 0) is 49.2 Å². The Labute approximate surface area is 210 Å². The topological polar surface area (TPSA) is 85.2 Å². The summed E-state index contributed by atoms with van der Waals surface area (Å²) in [7, 11) is 0. The highest BCUT2D eigenvalue weighted by atomic mass is 19.4. The summed E-state index contributed by atoms with van der Waals surface area (Å²) in [5, 5.41) is 5.69. The molecule has 2 N–H and O–H groups in total. The van der Waals surface area contributed by atoms with Crippen molar-refractivity contribution in [2.45, 2.75) is 51.7 Å². The number of benzene rings is 1. The number of pyridine rings is 1. The van der Waals surface area contributed by atoms with Crippen LogP contribution in [0.25, 0.3) is 0 Å². The minimum absolute atomic E-state index is 0.138. The fourth-order valence-electron chi connectivity index (χ4n) is 4.21. The van der Waals surface area contributed by atoms with Crippen LogP contribution in [0.2, 0.25) is 0 Å². The number of rotatable bonds is 7. The second-order valence-electron chi connectivity index (χ2n) is 8.74. The number of carbonyl (C=O) groups is 2. The first-order valence-corrected chi connectivity index (χ1v) is 11.8. The first-order valence-electron chi connectivity index (χ1n) is 11.8. The molecule has 7 nitrogen and oxygen atoms in total. The van der Waals surface area contributed by atoms with Crippen LogP contribution < -0.4 is 10.6 Å². The van der Waals surface area contributed by atoms with E-state index in [9.17, 15) is 27.2 Å². The first-order chi connectivity index (χ1) is 17.6. The Morgan fingerprint density at radius 2 is 1.84 bits per heavy atom. The third-order valence-corrected chi connectivity index (χ3v) is 6.29. The molecule has 2 aromatic heterocycles. The Hall–Kier alpha value is -3.73. The second-order valence-corrected chi connectivity index (χ2v) is 8.74. The first kappa shape index (κ1) is 26.3. The van der Waals surface area contributed by atoms with Crippen molar-refractivity contribution in [1.29, 1.82) is 0 Å². The summed E-state index contributed by atoms with van der Waals surface area (Å²) in [6.07, 6.45) is -3.37. The molecular formula is C26H26F4N4O3. The van der Waals surface area contributed by atoms with E-state index < -0.39 is 35.6 Å². The van der Waals surface area contributed by atoms with Gasteiger partial charge >= 0.3 is 6.18 Å². The highest BCUT2D eigenvalue weighted by Gasteiger charge is 2.31. The van der Waals surface area contributed by atoms with Crippen molar-refractivity contribution in [3.05, 3.63) is 88.3 Å². The lowest BCUT2D eigenvalue weighted by Gasteiger charge is -2.21. The average Bonchev–Trinajstić information content (AvgIpc) is 3.27. The standard InChI is InChI=1S/C26H26F4N4O3/c1-3-20(21-9-6-17(13-31-21)26(28,29)30)33-25(36)22-12-19(23-14-37-11-10-34(22)23)24(35)32-15(2)16-4-7-18(27)8-5-16/h4-9,12-13,15,20H,3,10-11,14H2,1-2H3,(H,32,35)(H,33,36)/t15-,20-/m1/s1. The van der Waals surface area contributed by atoms with Crippen LogP contribution >= 0.6 is 0 Å². The Kier molecular flexibility index (Phi) is 7.63. The Morgan fingerprint density at radius 1 is 1.11 bits per heavy atom. The zero-order chi connectivity index (χ0) is 26.7. The van der Waals surface area contributed by atoms with Crippen LogP contribution in [0.5, 0.6) is 0 Å². The van der Waals surface area contributed by atoms with E-state index in [4.69, 9.17) is 4.74 Å². The van der Waals surface area contributed by atoms with Crippen molar-refractivity contribution in [2.75, 3.05) is 6.61 Å². The van der Waals surface area contributed by atoms with Gasteiger partial charge in [-0.15, -0.1) is 0 Å². The lowest BCUT2D eigenvalue weighted by molar-refractivity contribution is -0.137. The summed E-state index contributed by atoms with van der Waals surface area (Å²) in [6, 6.07) is 8.40. The number of nitrogens with zero attached hydrogens (tertiary/aromatic N) is 2. The molecule has 3 heterocycles. The molecule has 0 fully saturated rings. The summed E-state index contributed by atoms with van der Waals surface area (Å²) in [6.45, 7) is 4.39. The monoisotopic (exact) mass is 518 g/mol. The molecule has 2 atom stereocenters. The number of hydrogen-bond donors (Lipinski definition) is 2. The van der Waals surface area contributed by atoms with Crippen molar-refractivity contribution in [1.82, 2.24) is 20.2 Å². The fraction of sp³-hybridized carbons (Fsp3) is 0.346. The molecule has 1 aliphatic rings. The third-order valence-electron chi connectivity index (χ3n) is 6.29. The molecule has 0 radical (unpaired) electrons. The van der Waals surface area contributed by atoms with Gasteiger partial charge in [0.15, 0.2) is 0 Å². The van der Waals surface area contributed by atoms with Gasteiger partial charge < -0.3 is 19.9 Å². The third kappa shape index (κ3) is 5.82. The number of alkyl halides is 3. The number of ether oxygens (including phenoxy) is 1. The van der Waals surface area contributed by atoms with Crippen LogP contribution in [0.1, 0.15) is 75.7 Å². The van der Waals surface area contributed by atoms with Gasteiger partial charge in [0.1, 0.15) is 11.5 Å². The summed E-state index contributed by atoms with van der Waals surface area (Å²) in [5.41, 5.74) is 1.20. The minimum atomic E-state index is -4.51. The largest absolute Gasteiger partial charge is 0.417 e. The van der Waals surface area contributed by atoms with Crippen LogP contribution in [0.3, 0.4) is 0 Å². The highest BCUT2D eigenvalue weighted by molar-refractivity contribution is 6.01. The molecule has 37 heavy (non-hydrogen) atoms. The zero-order valence-electron chi connectivity index (χ0n) is 20.2. The number of hydrogen-bond acceptors (Lipinski definition) is 4. The molecule has 0 unspecified atom stereocenters. The van der Waals surface area contributed by atoms with Crippen molar-refractivity contribution in [3.63, 3.8) is 0 Å². The molecule has 1 aromatic carbocycles. The molecular weight excluding hydrogens is 492 g/mol. The van der Waals surface area contributed by atoms with Gasteiger partial charge in [0.25, 0.3) is 11.8 Å². The van der Waals surface area contributed by atoms with Crippen LogP contribution in [-0.4, -0.2) is 28.0 Å². The van der Waals surface area contributed by atoms with E-state index in [1.807, 2.05) is 0 Å². The predicted octanol–water partition coefficient (Wildman–Crippen LogP) is 4.94. The van der Waals surface area contributed by atoms with Crippen LogP contribution in [0.4, 0.5) is 17.6 Å². The lowest BCUT2D eigenvalue weighted by atomic mass is 10.1. The second kappa shape index (κ2) is 10.7. The molecule has 0 aliphatic carbocycles. The van der Waals surface area contributed by atoms with E-state index in [1.54, 1.807) is 30.5 Å². The SMILES string of the molecule is CC[C@@H](NC(=O)c1cc(C(=O)N[C@H](C)c2ccc(F)cc2)c2n1CCOC2)c1ccc(C(F)(F)F)cn1. The molecule has 0 saturated carbocycles. The van der Waals surface area contributed by atoms with Gasteiger partial charge in [0.2, 0.25) is 0 Å². The van der Waals surface area contributed by atoms with Gasteiger partial charge in [0.05, 0.1) is 47.8 Å². The lowest BCUT2D eigenvalue weighted by Crippen LogP contribution is -2.32. The molecule has 3 aromatic rings. The summed E-state index contributed by atoms with van der Waals surface area (Å²) in [4.78, 5) is 30.3. The van der Waals surface area contributed by atoms with E-state index in [0.717, 1.165) is 12.3 Å². The van der Waals surface area contributed by atoms with E-state index in [2.05, 4.69) is 15.6 Å². The summed E-state index contributed by atoms with van der Waals surface area (Å²) < 4.78 is 59.1. The Morgan fingerprint density at radius 3 is 2.46 bits per heavy atom. The number of amides is 2. The predicted molar refractivity (Wildman–Crippen MR) is 126 cm³/mol. The number of nitrogens with one attached hydrogen (secondary N) is 2. The van der Waals surface area contributed by atoms with Crippen molar-refractivity contribution >= 4 is 11.8 Å². The van der Waals surface area contributed by atoms with Gasteiger partial charge in [0, 0.05) is 12.7 Å². The van der Waals surface area contributed by atoms with Crippen molar-refractivity contribution < 1.29 is 31.9 Å². The van der Waals surface area contributed by atoms with Crippen LogP contribution in [-0.2, 0) is 24.1 Å². The van der Waals surface area contributed by atoms with Crippen LogP contribution in [0, 0.1) is 5.82 Å². The van der Waals surface area contributed by atoms with E-state index in [1.165, 1.54) is 24.3 Å². The zero-order valence-corrected chi connectivity index (χ0v) is 20.2. The quantitative estimate of drug-likeness (QED) is 0.434. The molecule has 4 rings (SSSR count). The Bertz CT molecular complexity index is 1270. The summed E-state index contributed by atoms with van der Waals surface area (Å²) in [5.74, 6) is -1.28. The number of fused-ring (bicyclic) bond motifs is 1. The maximum Gasteiger partial charge on any atom is 0.417 e. The fourth-order valence-corrected chi connectivity index (χ4v) is 4.21.